The summed E-state index contributed by atoms with van der Waals surface area (Å²) >= 11 is 0. The number of nitrogens with zero attached hydrogens (tertiary/aromatic N) is 2. The molecule has 2 atom stereocenters. The predicted molar refractivity (Wildman–Crippen MR) is 151 cm³/mol. The summed E-state index contributed by atoms with van der Waals surface area (Å²) in [5.41, 5.74) is 0.727. The third-order valence-electron chi connectivity index (χ3n) is 6.60. The highest BCUT2D eigenvalue weighted by Gasteiger charge is 2.34. The molecule has 0 saturated carbocycles. The van der Waals surface area contributed by atoms with Crippen LogP contribution in [0.2, 0.25) is 0 Å². The van der Waals surface area contributed by atoms with Crippen molar-refractivity contribution in [3.05, 3.63) is 96.3 Å². The first-order valence-corrected chi connectivity index (χ1v) is 14.6. The predicted octanol–water partition coefficient (Wildman–Crippen LogP) is 4.79. The number of halogens is 1. The maximum Gasteiger partial charge on any atom is 0.264 e. The van der Waals surface area contributed by atoms with Crippen LogP contribution in [0.1, 0.15) is 39.2 Å². The van der Waals surface area contributed by atoms with Gasteiger partial charge in [-0.1, -0.05) is 74.5 Å². The average Bonchev–Trinajstić information content (AvgIpc) is 2.95. The number of sulfonamides is 1. The molecular formula is C30H36FN3O4S. The Hall–Kier alpha value is -3.72. The molecule has 0 bridgehead atoms. The summed E-state index contributed by atoms with van der Waals surface area (Å²) in [7, 11) is -4.30. The maximum absolute atomic E-state index is 14.9. The number of carbonyl (C=O) groups is 2. The van der Waals surface area contributed by atoms with Crippen LogP contribution in [0.25, 0.3) is 0 Å². The van der Waals surface area contributed by atoms with Crippen molar-refractivity contribution in [2.24, 2.45) is 0 Å². The molecule has 0 aliphatic carbocycles. The van der Waals surface area contributed by atoms with Crippen LogP contribution in [0, 0.1) is 5.82 Å². The van der Waals surface area contributed by atoms with Gasteiger partial charge in [-0.15, -0.1) is 0 Å². The number of para-hydroxylation sites is 1. The van der Waals surface area contributed by atoms with E-state index in [0.29, 0.717) is 12.8 Å². The molecule has 0 fully saturated rings. The van der Waals surface area contributed by atoms with Crippen LogP contribution in [0.5, 0.6) is 0 Å². The molecule has 1 N–H and O–H groups in total. The second kappa shape index (κ2) is 13.9. The number of nitrogens with one attached hydrogen (secondary N) is 1. The minimum absolute atomic E-state index is 0.0709. The Morgan fingerprint density at radius 3 is 2.05 bits per heavy atom. The number of benzene rings is 3. The van der Waals surface area contributed by atoms with Crippen molar-refractivity contribution >= 4 is 27.5 Å². The van der Waals surface area contributed by atoms with E-state index in [-0.39, 0.29) is 29.1 Å². The molecule has 3 aromatic rings. The number of hydrogen-bond acceptors (Lipinski definition) is 4. The summed E-state index contributed by atoms with van der Waals surface area (Å²) < 4.78 is 43.1. The van der Waals surface area contributed by atoms with Crippen LogP contribution >= 0.6 is 0 Å². The van der Waals surface area contributed by atoms with Crippen molar-refractivity contribution in [3.63, 3.8) is 0 Å². The first-order valence-electron chi connectivity index (χ1n) is 13.1. The minimum Gasteiger partial charge on any atom is -0.352 e. The molecule has 2 amide bonds. The van der Waals surface area contributed by atoms with Gasteiger partial charge >= 0.3 is 0 Å². The Bertz CT molecular complexity index is 1340. The van der Waals surface area contributed by atoms with Crippen LogP contribution in [0.15, 0.2) is 89.8 Å². The van der Waals surface area contributed by atoms with Crippen molar-refractivity contribution in [1.82, 2.24) is 10.2 Å². The molecule has 3 rings (SSSR count). The van der Waals surface area contributed by atoms with E-state index in [1.807, 2.05) is 44.2 Å². The SMILES string of the molecule is CC[C@@H](C)NC(=O)[C@H](CC)N(CCc1ccccc1)C(=O)CN(c1ccccc1F)S(=O)(=O)c1ccccc1. The fraction of sp³-hybridized carbons (Fsp3) is 0.333. The van der Waals surface area contributed by atoms with Crippen LogP contribution < -0.4 is 9.62 Å². The van der Waals surface area contributed by atoms with E-state index < -0.39 is 34.3 Å². The monoisotopic (exact) mass is 553 g/mol. The first kappa shape index (κ1) is 29.8. The molecular weight excluding hydrogens is 517 g/mol. The number of carbonyl (C=O) groups excluding carboxylic acids is 2. The fourth-order valence-electron chi connectivity index (χ4n) is 4.22. The molecule has 0 unspecified atom stereocenters. The topological polar surface area (TPSA) is 86.8 Å². The summed E-state index contributed by atoms with van der Waals surface area (Å²) in [6, 6.07) is 21.6. The second-order valence-corrected chi connectivity index (χ2v) is 11.2. The van der Waals surface area contributed by atoms with Crippen LogP contribution in [0.3, 0.4) is 0 Å². The zero-order valence-corrected chi connectivity index (χ0v) is 23.4. The van der Waals surface area contributed by atoms with E-state index in [2.05, 4.69) is 5.32 Å². The largest absolute Gasteiger partial charge is 0.352 e. The highest BCUT2D eigenvalue weighted by atomic mass is 32.2. The van der Waals surface area contributed by atoms with E-state index in [1.54, 1.807) is 25.1 Å². The molecule has 9 heteroatoms. The summed E-state index contributed by atoms with van der Waals surface area (Å²) in [5.74, 6) is -1.68. The van der Waals surface area contributed by atoms with Gasteiger partial charge < -0.3 is 10.2 Å². The van der Waals surface area contributed by atoms with Gasteiger partial charge in [0.1, 0.15) is 18.4 Å². The van der Waals surface area contributed by atoms with Gasteiger partial charge in [0.2, 0.25) is 11.8 Å². The molecule has 3 aromatic carbocycles. The molecule has 0 radical (unpaired) electrons. The van der Waals surface area contributed by atoms with Crippen molar-refractivity contribution < 1.29 is 22.4 Å². The third kappa shape index (κ3) is 7.66. The number of hydrogen-bond donors (Lipinski definition) is 1. The Morgan fingerprint density at radius 1 is 0.872 bits per heavy atom. The summed E-state index contributed by atoms with van der Waals surface area (Å²) in [4.78, 5) is 28.5. The second-order valence-electron chi connectivity index (χ2n) is 9.34. The van der Waals surface area contributed by atoms with Gasteiger partial charge in [0.05, 0.1) is 10.6 Å². The Balaban J connectivity index is 2.00. The quantitative estimate of drug-likeness (QED) is 0.330. The van der Waals surface area contributed by atoms with Gasteiger partial charge in [-0.05, 0) is 56.0 Å². The zero-order valence-electron chi connectivity index (χ0n) is 22.6. The smallest absolute Gasteiger partial charge is 0.264 e. The van der Waals surface area contributed by atoms with E-state index in [4.69, 9.17) is 0 Å². The van der Waals surface area contributed by atoms with Crippen molar-refractivity contribution in [1.29, 1.82) is 0 Å². The Labute approximate surface area is 230 Å². The molecule has 0 heterocycles. The number of anilines is 1. The number of rotatable bonds is 13. The van der Waals surface area contributed by atoms with Crippen LogP contribution in [-0.2, 0) is 26.0 Å². The van der Waals surface area contributed by atoms with Gasteiger partial charge in [0.15, 0.2) is 0 Å². The van der Waals surface area contributed by atoms with Crippen LogP contribution in [0.4, 0.5) is 10.1 Å². The molecule has 7 nitrogen and oxygen atoms in total. The summed E-state index contributed by atoms with van der Waals surface area (Å²) in [6.07, 6.45) is 1.51. The molecule has 208 valence electrons. The number of amides is 2. The lowest BCUT2D eigenvalue weighted by Crippen LogP contribution is -2.54. The van der Waals surface area contributed by atoms with Crippen molar-refractivity contribution in [2.75, 3.05) is 17.4 Å². The normalized spacial score (nSPS) is 12.8. The highest BCUT2D eigenvalue weighted by Crippen LogP contribution is 2.26. The Kier molecular flexibility index (Phi) is 10.6. The van der Waals surface area contributed by atoms with Gasteiger partial charge in [-0.2, -0.15) is 0 Å². The van der Waals surface area contributed by atoms with Gasteiger partial charge in [-0.25, -0.2) is 12.8 Å². The lowest BCUT2D eigenvalue weighted by atomic mass is 10.1. The summed E-state index contributed by atoms with van der Waals surface area (Å²) in [6.45, 7) is 5.16. The van der Waals surface area contributed by atoms with Crippen molar-refractivity contribution in [2.45, 2.75) is 57.0 Å². The highest BCUT2D eigenvalue weighted by molar-refractivity contribution is 7.92. The zero-order chi connectivity index (χ0) is 28.4. The van der Waals surface area contributed by atoms with Gasteiger partial charge in [0, 0.05) is 12.6 Å². The molecule has 0 saturated heterocycles. The maximum atomic E-state index is 14.9. The molecule has 0 spiro atoms. The minimum atomic E-state index is -4.30. The molecule has 0 aliphatic rings. The first-order chi connectivity index (χ1) is 18.7. The fourth-order valence-corrected chi connectivity index (χ4v) is 5.67. The van der Waals surface area contributed by atoms with Crippen LogP contribution in [-0.4, -0.2) is 50.3 Å². The van der Waals surface area contributed by atoms with E-state index >= 15 is 0 Å². The molecule has 0 aromatic heterocycles. The lowest BCUT2D eigenvalue weighted by molar-refractivity contribution is -0.139. The standard InChI is InChI=1S/C30H36FN3O4S/c1-4-23(3)32-30(36)27(5-2)33(21-20-24-14-8-6-9-15-24)29(35)22-34(28-19-13-12-18-26(28)31)39(37,38)25-16-10-7-11-17-25/h6-19,23,27H,4-5,20-22H2,1-3H3,(H,32,36)/t23-,27+/m1/s1. The van der Waals surface area contributed by atoms with Gasteiger partial charge in [0.25, 0.3) is 10.0 Å². The molecule has 39 heavy (non-hydrogen) atoms. The molecule has 0 aliphatic heterocycles. The van der Waals surface area contributed by atoms with E-state index in [0.717, 1.165) is 22.4 Å². The van der Waals surface area contributed by atoms with Crippen molar-refractivity contribution in [3.8, 4) is 0 Å². The average molecular weight is 554 g/mol. The lowest BCUT2D eigenvalue weighted by Gasteiger charge is -2.33. The third-order valence-corrected chi connectivity index (χ3v) is 8.38. The van der Waals surface area contributed by atoms with E-state index in [1.165, 1.54) is 35.2 Å². The van der Waals surface area contributed by atoms with Gasteiger partial charge in [-0.3, -0.25) is 13.9 Å². The van der Waals surface area contributed by atoms with E-state index in [9.17, 15) is 22.4 Å². The Morgan fingerprint density at radius 2 is 1.46 bits per heavy atom. The summed E-state index contributed by atoms with van der Waals surface area (Å²) in [5, 5.41) is 2.94.